The highest BCUT2D eigenvalue weighted by atomic mass is 19.4. The van der Waals surface area contributed by atoms with Crippen LogP contribution in [0.4, 0.5) is 24.9 Å². The minimum atomic E-state index is -4.49. The van der Waals surface area contributed by atoms with Crippen molar-refractivity contribution in [2.45, 2.75) is 19.1 Å². The predicted octanol–water partition coefficient (Wildman–Crippen LogP) is 1.73. The molecule has 1 saturated heterocycles. The van der Waals surface area contributed by atoms with Crippen LogP contribution in [0.1, 0.15) is 6.92 Å². The van der Waals surface area contributed by atoms with E-state index in [0.717, 1.165) is 10.9 Å². The first kappa shape index (κ1) is 21.7. The van der Waals surface area contributed by atoms with E-state index in [0.29, 0.717) is 43.5 Å². The summed E-state index contributed by atoms with van der Waals surface area (Å²) in [5, 5.41) is 5.41. The van der Waals surface area contributed by atoms with Crippen molar-refractivity contribution in [2.75, 3.05) is 43.1 Å². The molecule has 1 amide bonds. The van der Waals surface area contributed by atoms with E-state index in [9.17, 15) is 18.0 Å². The summed E-state index contributed by atoms with van der Waals surface area (Å²) in [5.74, 6) is -0.0931. The van der Waals surface area contributed by atoms with E-state index in [-0.39, 0.29) is 5.95 Å². The maximum atomic E-state index is 12.4. The van der Waals surface area contributed by atoms with Gasteiger partial charge in [-0.2, -0.15) is 18.2 Å². The van der Waals surface area contributed by atoms with Crippen molar-refractivity contribution in [3.63, 3.8) is 0 Å². The minimum absolute atomic E-state index is 0.116. The van der Waals surface area contributed by atoms with E-state index >= 15 is 0 Å². The summed E-state index contributed by atoms with van der Waals surface area (Å²) in [6.07, 6.45) is 0.335. The molecule has 1 unspecified atom stereocenters. The molecule has 0 bridgehead atoms. The number of carbonyl (C=O) groups excluding carboxylic acids is 1. The lowest BCUT2D eigenvalue weighted by Gasteiger charge is -2.28. The topological polar surface area (TPSA) is 121 Å². The number of alkyl halides is 3. The molecule has 1 aliphatic heterocycles. The molecule has 0 aliphatic carbocycles. The van der Waals surface area contributed by atoms with Crippen molar-refractivity contribution in [2.24, 2.45) is 0 Å². The smallest absolute Gasteiger partial charge is 0.378 e. The Balaban J connectivity index is 1.64. The number of halogens is 3. The molecule has 3 aromatic rings. The minimum Gasteiger partial charge on any atom is -0.378 e. The molecule has 1 atom stereocenters. The highest BCUT2D eigenvalue weighted by molar-refractivity contribution is 5.92. The first-order valence-corrected chi connectivity index (χ1v) is 9.90. The van der Waals surface area contributed by atoms with Gasteiger partial charge in [0, 0.05) is 42.5 Å². The highest BCUT2D eigenvalue weighted by Gasteiger charge is 2.29. The van der Waals surface area contributed by atoms with Crippen molar-refractivity contribution >= 4 is 28.7 Å². The molecular formula is C19H21F3N8O2. The number of anilines is 2. The Hall–Kier alpha value is -3.48. The van der Waals surface area contributed by atoms with Crippen LogP contribution in [-0.4, -0.2) is 75.9 Å². The summed E-state index contributed by atoms with van der Waals surface area (Å²) in [7, 11) is 0. The zero-order chi connectivity index (χ0) is 22.7. The van der Waals surface area contributed by atoms with Crippen molar-refractivity contribution < 1.29 is 22.7 Å². The third-order valence-corrected chi connectivity index (χ3v) is 4.88. The number of nitrogens with one attached hydrogen (secondary N) is 3. The lowest BCUT2D eigenvalue weighted by molar-refractivity contribution is -0.138. The normalized spacial score (nSPS) is 15.6. The molecule has 32 heavy (non-hydrogen) atoms. The number of ether oxygens (including phenoxy) is 1. The second-order valence-corrected chi connectivity index (χ2v) is 7.22. The number of amides is 1. The van der Waals surface area contributed by atoms with Crippen LogP contribution < -0.4 is 15.5 Å². The Morgan fingerprint density at radius 2 is 2.09 bits per heavy atom. The summed E-state index contributed by atoms with van der Waals surface area (Å²) < 4.78 is 42.6. The summed E-state index contributed by atoms with van der Waals surface area (Å²) in [4.78, 5) is 34.4. The van der Waals surface area contributed by atoms with Crippen LogP contribution in [0.2, 0.25) is 0 Å². The third-order valence-electron chi connectivity index (χ3n) is 4.88. The quantitative estimate of drug-likeness (QED) is 0.519. The number of fused-ring (bicyclic) bond motifs is 1. The van der Waals surface area contributed by atoms with Gasteiger partial charge in [0.05, 0.1) is 18.9 Å². The summed E-state index contributed by atoms with van der Waals surface area (Å²) in [6, 6.07) is 0.817. The summed E-state index contributed by atoms with van der Waals surface area (Å²) in [6.45, 7) is 2.35. The van der Waals surface area contributed by atoms with Gasteiger partial charge in [0.15, 0.2) is 0 Å². The number of morpholine rings is 1. The summed E-state index contributed by atoms with van der Waals surface area (Å²) in [5.41, 5.74) is 1.92. The average molecular weight is 450 g/mol. The van der Waals surface area contributed by atoms with Crippen LogP contribution in [0, 0.1) is 0 Å². The Kier molecular flexibility index (Phi) is 6.08. The number of carbonyl (C=O) groups is 1. The number of aromatic amines is 1. The first-order valence-electron chi connectivity index (χ1n) is 9.90. The number of rotatable bonds is 6. The van der Waals surface area contributed by atoms with Crippen LogP contribution >= 0.6 is 0 Å². The Labute approximate surface area is 180 Å². The first-order chi connectivity index (χ1) is 15.3. The van der Waals surface area contributed by atoms with Gasteiger partial charge < -0.3 is 25.3 Å². The fourth-order valence-electron chi connectivity index (χ4n) is 3.26. The molecule has 0 saturated carbocycles. The Bertz CT molecular complexity index is 1100. The standard InChI is InChI=1S/C19H21F3N8O2/c1-11(17(31)25-9-19(20,21)22)27-18-28-14(6-15(29-18)30-2-4-32-5-3-30)12-8-24-16-13(12)7-23-10-26-16/h6-8,10-11H,2-5,9H2,1H3,(H,25,31)(H,23,24,26)(H,27,28,29). The van der Waals surface area contributed by atoms with E-state index in [4.69, 9.17) is 4.74 Å². The molecule has 13 heteroatoms. The fraction of sp³-hybridized carbons (Fsp3) is 0.421. The van der Waals surface area contributed by atoms with Crippen molar-refractivity contribution in [3.8, 4) is 11.3 Å². The molecule has 3 N–H and O–H groups in total. The van der Waals surface area contributed by atoms with Gasteiger partial charge in [-0.1, -0.05) is 0 Å². The van der Waals surface area contributed by atoms with Gasteiger partial charge >= 0.3 is 6.18 Å². The number of H-pyrrole nitrogens is 1. The Morgan fingerprint density at radius 3 is 2.84 bits per heavy atom. The van der Waals surface area contributed by atoms with Gasteiger partial charge in [0.25, 0.3) is 0 Å². The van der Waals surface area contributed by atoms with Crippen LogP contribution in [0.3, 0.4) is 0 Å². The molecule has 0 aromatic carbocycles. The zero-order valence-corrected chi connectivity index (χ0v) is 17.1. The van der Waals surface area contributed by atoms with Crippen molar-refractivity contribution in [1.82, 2.24) is 30.2 Å². The molecule has 0 spiro atoms. The number of aromatic nitrogens is 5. The molecule has 3 aromatic heterocycles. The van der Waals surface area contributed by atoms with Gasteiger partial charge in [-0.3, -0.25) is 4.79 Å². The second-order valence-electron chi connectivity index (χ2n) is 7.22. The van der Waals surface area contributed by atoms with Crippen molar-refractivity contribution in [1.29, 1.82) is 0 Å². The largest absolute Gasteiger partial charge is 0.405 e. The number of hydrogen-bond acceptors (Lipinski definition) is 8. The van der Waals surface area contributed by atoms with Crippen LogP contribution in [0.5, 0.6) is 0 Å². The molecule has 1 aliphatic rings. The van der Waals surface area contributed by atoms with Gasteiger partial charge in [0.2, 0.25) is 11.9 Å². The van der Waals surface area contributed by atoms with Gasteiger partial charge in [0.1, 0.15) is 30.4 Å². The van der Waals surface area contributed by atoms with E-state index in [1.165, 1.54) is 13.3 Å². The van der Waals surface area contributed by atoms with Gasteiger partial charge in [-0.05, 0) is 6.92 Å². The van der Waals surface area contributed by atoms with E-state index in [1.807, 2.05) is 10.2 Å². The monoisotopic (exact) mass is 450 g/mol. The Morgan fingerprint density at radius 1 is 1.31 bits per heavy atom. The molecule has 4 rings (SSSR count). The average Bonchev–Trinajstić information content (AvgIpc) is 3.21. The van der Waals surface area contributed by atoms with Crippen LogP contribution in [-0.2, 0) is 9.53 Å². The maximum absolute atomic E-state index is 12.4. The van der Waals surface area contributed by atoms with E-state index in [1.54, 1.807) is 18.5 Å². The fourth-order valence-corrected chi connectivity index (χ4v) is 3.26. The third kappa shape index (κ3) is 5.04. The second kappa shape index (κ2) is 8.94. The van der Waals surface area contributed by atoms with Crippen molar-refractivity contribution in [3.05, 3.63) is 24.8 Å². The van der Waals surface area contributed by atoms with Gasteiger partial charge in [-0.25, -0.2) is 15.0 Å². The lowest BCUT2D eigenvalue weighted by atomic mass is 10.1. The molecule has 10 nitrogen and oxygen atoms in total. The van der Waals surface area contributed by atoms with Crippen LogP contribution in [0.15, 0.2) is 24.8 Å². The lowest BCUT2D eigenvalue weighted by Crippen LogP contribution is -2.42. The number of hydrogen-bond donors (Lipinski definition) is 3. The van der Waals surface area contributed by atoms with E-state index in [2.05, 4.69) is 30.2 Å². The number of nitrogens with zero attached hydrogens (tertiary/aromatic N) is 5. The summed E-state index contributed by atoms with van der Waals surface area (Å²) >= 11 is 0. The zero-order valence-electron chi connectivity index (χ0n) is 17.1. The predicted molar refractivity (Wildman–Crippen MR) is 110 cm³/mol. The van der Waals surface area contributed by atoms with E-state index < -0.39 is 24.7 Å². The SMILES string of the molecule is CC(Nc1nc(-c2c[nH]c3ncncc23)cc(N2CCOCC2)n1)C(=O)NCC(F)(F)F. The van der Waals surface area contributed by atoms with Gasteiger partial charge in [-0.15, -0.1) is 0 Å². The molecular weight excluding hydrogens is 429 g/mol. The molecule has 1 fully saturated rings. The highest BCUT2D eigenvalue weighted by Crippen LogP contribution is 2.29. The maximum Gasteiger partial charge on any atom is 0.405 e. The molecule has 0 radical (unpaired) electrons. The molecule has 170 valence electrons. The van der Waals surface area contributed by atoms with Crippen LogP contribution in [0.25, 0.3) is 22.3 Å². The molecule has 4 heterocycles.